The molecule has 0 bridgehead atoms. The Bertz CT molecular complexity index is 416. The Morgan fingerprint density at radius 1 is 1.19 bits per heavy atom. The van der Waals surface area contributed by atoms with E-state index in [1.54, 1.807) is 7.11 Å². The number of nitrogens with zero attached hydrogens (tertiary/aromatic N) is 2. The SMILES string of the molecule is CCC(N)CCCN1CCN(c2ccccc2OC)CC1. The fourth-order valence-corrected chi connectivity index (χ4v) is 2.88. The second kappa shape index (κ2) is 8.25. The standard InChI is InChI=1S/C17H29N3O/c1-3-15(18)7-6-10-19-11-13-20(14-12-19)16-8-4-5-9-17(16)21-2/h4-5,8-9,15H,3,6-7,10-14,18H2,1-2H3. The van der Waals surface area contributed by atoms with Gasteiger partial charge in [-0.15, -0.1) is 0 Å². The molecule has 1 aliphatic heterocycles. The van der Waals surface area contributed by atoms with Gasteiger partial charge < -0.3 is 15.4 Å². The van der Waals surface area contributed by atoms with Crippen molar-refractivity contribution in [1.29, 1.82) is 0 Å². The summed E-state index contributed by atoms with van der Waals surface area (Å²) in [7, 11) is 1.74. The molecule has 2 rings (SSSR count). The largest absolute Gasteiger partial charge is 0.495 e. The van der Waals surface area contributed by atoms with E-state index in [9.17, 15) is 0 Å². The van der Waals surface area contributed by atoms with Gasteiger partial charge in [0.15, 0.2) is 0 Å². The lowest BCUT2D eigenvalue weighted by molar-refractivity contribution is 0.249. The number of hydrogen-bond donors (Lipinski definition) is 1. The molecule has 0 aliphatic carbocycles. The zero-order chi connectivity index (χ0) is 15.1. The molecule has 0 saturated carbocycles. The summed E-state index contributed by atoms with van der Waals surface area (Å²) >= 11 is 0. The third-order valence-corrected chi connectivity index (χ3v) is 4.37. The lowest BCUT2D eigenvalue weighted by Crippen LogP contribution is -2.46. The summed E-state index contributed by atoms with van der Waals surface area (Å²) in [6.07, 6.45) is 3.44. The molecule has 1 aliphatic rings. The molecule has 1 saturated heterocycles. The van der Waals surface area contributed by atoms with Crippen molar-refractivity contribution >= 4 is 5.69 Å². The predicted molar refractivity (Wildman–Crippen MR) is 89.1 cm³/mol. The maximum Gasteiger partial charge on any atom is 0.142 e. The molecule has 4 heteroatoms. The summed E-state index contributed by atoms with van der Waals surface area (Å²) in [5, 5.41) is 0. The average Bonchev–Trinajstić information content (AvgIpc) is 2.55. The van der Waals surface area contributed by atoms with Crippen LogP contribution in [0.5, 0.6) is 5.75 Å². The van der Waals surface area contributed by atoms with E-state index >= 15 is 0 Å². The van der Waals surface area contributed by atoms with Crippen molar-refractivity contribution in [1.82, 2.24) is 4.90 Å². The summed E-state index contributed by atoms with van der Waals surface area (Å²) in [5.74, 6) is 0.972. The summed E-state index contributed by atoms with van der Waals surface area (Å²) < 4.78 is 5.46. The van der Waals surface area contributed by atoms with Gasteiger partial charge in [-0.2, -0.15) is 0 Å². The van der Waals surface area contributed by atoms with Gasteiger partial charge >= 0.3 is 0 Å². The zero-order valence-electron chi connectivity index (χ0n) is 13.4. The van der Waals surface area contributed by atoms with Crippen molar-refractivity contribution in [2.75, 3.05) is 44.7 Å². The third-order valence-electron chi connectivity index (χ3n) is 4.37. The first-order valence-electron chi connectivity index (χ1n) is 8.10. The molecule has 0 radical (unpaired) electrons. The Labute approximate surface area is 128 Å². The first-order chi connectivity index (χ1) is 10.2. The molecule has 1 atom stereocenters. The molecule has 1 aromatic carbocycles. The van der Waals surface area contributed by atoms with Gasteiger partial charge in [0.05, 0.1) is 12.8 Å². The van der Waals surface area contributed by atoms with Gasteiger partial charge in [-0.3, -0.25) is 4.90 Å². The van der Waals surface area contributed by atoms with E-state index in [0.29, 0.717) is 6.04 Å². The van der Waals surface area contributed by atoms with Crippen LogP contribution in [0.2, 0.25) is 0 Å². The molecule has 118 valence electrons. The quantitative estimate of drug-likeness (QED) is 0.837. The van der Waals surface area contributed by atoms with Gasteiger partial charge in [-0.25, -0.2) is 0 Å². The van der Waals surface area contributed by atoms with Crippen molar-refractivity contribution < 1.29 is 4.74 Å². The molecule has 1 unspecified atom stereocenters. The molecule has 1 fully saturated rings. The highest BCUT2D eigenvalue weighted by Crippen LogP contribution is 2.28. The van der Waals surface area contributed by atoms with E-state index in [4.69, 9.17) is 10.5 Å². The number of nitrogens with two attached hydrogens (primary N) is 1. The predicted octanol–water partition coefficient (Wildman–Crippen LogP) is 2.33. The highest BCUT2D eigenvalue weighted by Gasteiger charge is 2.19. The van der Waals surface area contributed by atoms with Crippen LogP contribution in [-0.2, 0) is 0 Å². The van der Waals surface area contributed by atoms with E-state index in [1.165, 1.54) is 18.7 Å². The number of piperazine rings is 1. The maximum atomic E-state index is 5.98. The molecule has 1 aromatic rings. The molecule has 0 spiro atoms. The number of hydrogen-bond acceptors (Lipinski definition) is 4. The smallest absolute Gasteiger partial charge is 0.142 e. The first kappa shape index (κ1) is 16.1. The summed E-state index contributed by atoms with van der Waals surface area (Å²) in [4.78, 5) is 4.97. The van der Waals surface area contributed by atoms with Crippen molar-refractivity contribution in [2.45, 2.75) is 32.2 Å². The van der Waals surface area contributed by atoms with Crippen molar-refractivity contribution in [3.8, 4) is 5.75 Å². The first-order valence-corrected chi connectivity index (χ1v) is 8.10. The summed E-state index contributed by atoms with van der Waals surface area (Å²) in [6.45, 7) is 7.73. The summed E-state index contributed by atoms with van der Waals surface area (Å²) in [6, 6.07) is 8.66. The molecule has 4 nitrogen and oxygen atoms in total. The van der Waals surface area contributed by atoms with Crippen LogP contribution in [0.3, 0.4) is 0 Å². The Kier molecular flexibility index (Phi) is 6.33. The fourth-order valence-electron chi connectivity index (χ4n) is 2.88. The Morgan fingerprint density at radius 3 is 2.57 bits per heavy atom. The number of ether oxygens (including phenoxy) is 1. The molecule has 21 heavy (non-hydrogen) atoms. The third kappa shape index (κ3) is 4.61. The molecule has 0 aromatic heterocycles. The highest BCUT2D eigenvalue weighted by atomic mass is 16.5. The lowest BCUT2D eigenvalue weighted by Gasteiger charge is -2.36. The van der Waals surface area contributed by atoms with Crippen LogP contribution in [0, 0.1) is 0 Å². The van der Waals surface area contributed by atoms with Crippen LogP contribution < -0.4 is 15.4 Å². The van der Waals surface area contributed by atoms with Crippen LogP contribution in [0.15, 0.2) is 24.3 Å². The number of methoxy groups -OCH3 is 1. The average molecular weight is 291 g/mol. The van der Waals surface area contributed by atoms with Crippen molar-refractivity contribution in [2.24, 2.45) is 5.73 Å². The van der Waals surface area contributed by atoms with E-state index in [1.807, 2.05) is 12.1 Å². The van der Waals surface area contributed by atoms with E-state index in [2.05, 4.69) is 28.9 Å². The molecule has 2 N–H and O–H groups in total. The second-order valence-electron chi connectivity index (χ2n) is 5.81. The Morgan fingerprint density at radius 2 is 1.90 bits per heavy atom. The van der Waals surface area contributed by atoms with Gasteiger partial charge in [-0.1, -0.05) is 19.1 Å². The molecular weight excluding hydrogens is 262 g/mol. The maximum absolute atomic E-state index is 5.98. The Balaban J connectivity index is 1.78. The van der Waals surface area contributed by atoms with Gasteiger partial charge in [-0.05, 0) is 37.9 Å². The van der Waals surface area contributed by atoms with Crippen molar-refractivity contribution in [3.05, 3.63) is 24.3 Å². The Hall–Kier alpha value is -1.26. The molecule has 1 heterocycles. The van der Waals surface area contributed by atoms with E-state index < -0.39 is 0 Å². The number of para-hydroxylation sites is 2. The number of anilines is 1. The van der Waals surface area contributed by atoms with Gasteiger partial charge in [0.1, 0.15) is 5.75 Å². The van der Waals surface area contributed by atoms with Crippen LogP contribution >= 0.6 is 0 Å². The van der Waals surface area contributed by atoms with Crippen LogP contribution in [0.4, 0.5) is 5.69 Å². The van der Waals surface area contributed by atoms with Gasteiger partial charge in [0, 0.05) is 32.2 Å². The number of rotatable bonds is 7. The number of benzene rings is 1. The second-order valence-corrected chi connectivity index (χ2v) is 5.81. The van der Waals surface area contributed by atoms with E-state index in [-0.39, 0.29) is 0 Å². The van der Waals surface area contributed by atoms with Crippen LogP contribution in [-0.4, -0.2) is 50.8 Å². The van der Waals surface area contributed by atoms with Gasteiger partial charge in [0.25, 0.3) is 0 Å². The fraction of sp³-hybridized carbons (Fsp3) is 0.647. The minimum Gasteiger partial charge on any atom is -0.495 e. The van der Waals surface area contributed by atoms with Crippen LogP contribution in [0.25, 0.3) is 0 Å². The monoisotopic (exact) mass is 291 g/mol. The topological polar surface area (TPSA) is 41.7 Å². The van der Waals surface area contributed by atoms with Crippen molar-refractivity contribution in [3.63, 3.8) is 0 Å². The highest BCUT2D eigenvalue weighted by molar-refractivity contribution is 5.58. The van der Waals surface area contributed by atoms with Gasteiger partial charge in [0.2, 0.25) is 0 Å². The zero-order valence-corrected chi connectivity index (χ0v) is 13.4. The molecule has 0 amide bonds. The normalized spacial score (nSPS) is 17.8. The lowest BCUT2D eigenvalue weighted by atomic mass is 10.1. The minimum absolute atomic E-state index is 0.375. The summed E-state index contributed by atoms with van der Waals surface area (Å²) in [5.41, 5.74) is 7.19. The van der Waals surface area contributed by atoms with E-state index in [0.717, 1.165) is 44.8 Å². The molecular formula is C17H29N3O. The van der Waals surface area contributed by atoms with Crippen LogP contribution in [0.1, 0.15) is 26.2 Å². The minimum atomic E-state index is 0.375.